The van der Waals surface area contributed by atoms with Crippen LogP contribution >= 0.6 is 0 Å². The van der Waals surface area contributed by atoms with Crippen molar-refractivity contribution in [3.8, 4) is 5.75 Å². The van der Waals surface area contributed by atoms with Gasteiger partial charge in [-0.25, -0.2) is 0 Å². The van der Waals surface area contributed by atoms with Crippen molar-refractivity contribution in [2.45, 2.75) is 45.8 Å². The summed E-state index contributed by atoms with van der Waals surface area (Å²) >= 11 is 0. The largest absolute Gasteiger partial charge is 0.487 e. The minimum Gasteiger partial charge on any atom is -0.487 e. The predicted molar refractivity (Wildman–Crippen MR) is 89.3 cm³/mol. The summed E-state index contributed by atoms with van der Waals surface area (Å²) in [6, 6.07) is 4.94. The number of nitrogens with two attached hydrogens (primary N) is 1. The zero-order valence-electron chi connectivity index (χ0n) is 14.1. The molecule has 2 amide bonds. The Labute approximate surface area is 136 Å². The fourth-order valence-electron chi connectivity index (χ4n) is 2.48. The van der Waals surface area contributed by atoms with Gasteiger partial charge in [0, 0.05) is 17.7 Å². The Balaban J connectivity index is 1.89. The Morgan fingerprint density at radius 1 is 1.35 bits per heavy atom. The minimum absolute atomic E-state index is 0.0260. The van der Waals surface area contributed by atoms with Gasteiger partial charge in [-0.1, -0.05) is 13.8 Å². The van der Waals surface area contributed by atoms with Crippen LogP contribution < -0.4 is 21.1 Å². The van der Waals surface area contributed by atoms with Crippen molar-refractivity contribution in [2.75, 3.05) is 11.9 Å². The number of nitrogens with one attached hydrogen (secondary N) is 2. The van der Waals surface area contributed by atoms with Crippen molar-refractivity contribution in [3.05, 3.63) is 23.8 Å². The van der Waals surface area contributed by atoms with Gasteiger partial charge in [0.05, 0.1) is 12.6 Å². The molecule has 6 heteroatoms. The van der Waals surface area contributed by atoms with E-state index in [0.29, 0.717) is 5.69 Å². The zero-order valence-corrected chi connectivity index (χ0v) is 14.1. The summed E-state index contributed by atoms with van der Waals surface area (Å²) in [5, 5.41) is 5.32. The van der Waals surface area contributed by atoms with Crippen LogP contribution in [0, 0.1) is 5.92 Å². The molecule has 6 nitrogen and oxygen atoms in total. The van der Waals surface area contributed by atoms with Crippen LogP contribution in [0.5, 0.6) is 5.75 Å². The van der Waals surface area contributed by atoms with Crippen LogP contribution in [-0.4, -0.2) is 30.0 Å². The molecule has 1 heterocycles. The molecule has 0 bridgehead atoms. The Kier molecular flexibility index (Phi) is 4.94. The second kappa shape index (κ2) is 6.58. The highest BCUT2D eigenvalue weighted by atomic mass is 16.5. The Morgan fingerprint density at radius 3 is 2.70 bits per heavy atom. The van der Waals surface area contributed by atoms with Crippen LogP contribution in [0.1, 0.15) is 33.3 Å². The van der Waals surface area contributed by atoms with Gasteiger partial charge in [-0.3, -0.25) is 9.59 Å². The van der Waals surface area contributed by atoms with Crippen molar-refractivity contribution < 1.29 is 14.3 Å². The number of benzene rings is 1. The first-order valence-electron chi connectivity index (χ1n) is 7.83. The fourth-order valence-corrected chi connectivity index (χ4v) is 2.48. The van der Waals surface area contributed by atoms with E-state index < -0.39 is 6.04 Å². The lowest BCUT2D eigenvalue weighted by molar-refractivity contribution is -0.125. The van der Waals surface area contributed by atoms with Crippen LogP contribution in [-0.2, 0) is 16.0 Å². The third-order valence-electron chi connectivity index (χ3n) is 3.79. The molecule has 0 aromatic heterocycles. The van der Waals surface area contributed by atoms with E-state index in [1.54, 1.807) is 6.07 Å². The maximum Gasteiger partial charge on any atom is 0.243 e. The highest BCUT2D eigenvalue weighted by Crippen LogP contribution is 2.36. The van der Waals surface area contributed by atoms with Gasteiger partial charge in [0.25, 0.3) is 0 Å². The topological polar surface area (TPSA) is 93.5 Å². The Hall–Kier alpha value is -2.08. The second-order valence-corrected chi connectivity index (χ2v) is 6.90. The van der Waals surface area contributed by atoms with Gasteiger partial charge in [-0.05, 0) is 38.0 Å². The fraction of sp³-hybridized carbons (Fsp3) is 0.529. The molecule has 126 valence electrons. The molecule has 0 radical (unpaired) electrons. The molecule has 1 aliphatic heterocycles. The second-order valence-electron chi connectivity index (χ2n) is 6.90. The number of carbonyl (C=O) groups excluding carboxylic acids is 2. The van der Waals surface area contributed by atoms with E-state index in [4.69, 9.17) is 10.5 Å². The van der Waals surface area contributed by atoms with E-state index in [2.05, 4.69) is 10.6 Å². The summed E-state index contributed by atoms with van der Waals surface area (Å²) in [4.78, 5) is 23.7. The molecule has 0 spiro atoms. The van der Waals surface area contributed by atoms with Gasteiger partial charge in [-0.15, -0.1) is 0 Å². The lowest BCUT2D eigenvalue weighted by atomic mass is 10.0. The third-order valence-corrected chi connectivity index (χ3v) is 3.79. The van der Waals surface area contributed by atoms with Crippen molar-refractivity contribution in [3.63, 3.8) is 0 Å². The standard InChI is InChI=1S/C17H25N3O3/c1-10(2)15(18)16(22)19-9-14(21)20-12-5-6-13-11(7-12)8-17(3,4)23-13/h5-7,10,15H,8-9,18H2,1-4H3,(H,19,22)(H,20,21)/t15-/m0/s1. The minimum atomic E-state index is -0.609. The van der Waals surface area contributed by atoms with Gasteiger partial charge < -0.3 is 21.1 Å². The van der Waals surface area contributed by atoms with Gasteiger partial charge >= 0.3 is 0 Å². The van der Waals surface area contributed by atoms with Crippen molar-refractivity contribution in [2.24, 2.45) is 11.7 Å². The number of amides is 2. The summed E-state index contributed by atoms with van der Waals surface area (Å²) < 4.78 is 5.80. The number of anilines is 1. The number of hydrogen-bond donors (Lipinski definition) is 3. The normalized spacial score (nSPS) is 16.4. The molecule has 0 aliphatic carbocycles. The quantitative estimate of drug-likeness (QED) is 0.765. The molecular weight excluding hydrogens is 294 g/mol. The monoisotopic (exact) mass is 319 g/mol. The van der Waals surface area contributed by atoms with E-state index >= 15 is 0 Å². The van der Waals surface area contributed by atoms with E-state index in [0.717, 1.165) is 17.7 Å². The Bertz CT molecular complexity index is 611. The molecule has 23 heavy (non-hydrogen) atoms. The maximum atomic E-state index is 11.9. The van der Waals surface area contributed by atoms with Gasteiger partial charge in [-0.2, -0.15) is 0 Å². The lowest BCUT2D eigenvalue weighted by Crippen LogP contribution is -2.46. The third kappa shape index (κ3) is 4.45. The highest BCUT2D eigenvalue weighted by molar-refractivity contribution is 5.95. The summed E-state index contributed by atoms with van der Waals surface area (Å²) in [7, 11) is 0. The summed E-state index contributed by atoms with van der Waals surface area (Å²) in [5.74, 6) is 0.272. The Morgan fingerprint density at radius 2 is 2.04 bits per heavy atom. The molecule has 0 saturated heterocycles. The van der Waals surface area contributed by atoms with Crippen molar-refractivity contribution in [1.29, 1.82) is 0 Å². The molecule has 1 aromatic carbocycles. The van der Waals surface area contributed by atoms with Crippen molar-refractivity contribution in [1.82, 2.24) is 5.32 Å². The molecule has 0 unspecified atom stereocenters. The van der Waals surface area contributed by atoms with Gasteiger partial charge in [0.15, 0.2) is 0 Å². The average molecular weight is 319 g/mol. The van der Waals surface area contributed by atoms with E-state index in [-0.39, 0.29) is 29.9 Å². The van der Waals surface area contributed by atoms with E-state index in [9.17, 15) is 9.59 Å². The number of rotatable bonds is 5. The number of carbonyl (C=O) groups is 2. The van der Waals surface area contributed by atoms with Crippen LogP contribution in [0.3, 0.4) is 0 Å². The summed E-state index contributed by atoms with van der Waals surface area (Å²) in [6.45, 7) is 7.67. The molecule has 0 saturated carbocycles. The van der Waals surface area contributed by atoms with E-state index in [1.807, 2.05) is 39.8 Å². The lowest BCUT2D eigenvalue weighted by Gasteiger charge is -2.16. The first-order chi connectivity index (χ1) is 10.7. The summed E-state index contributed by atoms with van der Waals surface area (Å²) in [6.07, 6.45) is 0.798. The SMILES string of the molecule is CC(C)[C@H](N)C(=O)NCC(=O)Nc1ccc2c(c1)CC(C)(C)O2. The zero-order chi connectivity index (χ0) is 17.2. The molecule has 1 atom stereocenters. The number of hydrogen-bond acceptors (Lipinski definition) is 4. The van der Waals surface area contributed by atoms with Crippen LogP contribution in [0.2, 0.25) is 0 Å². The van der Waals surface area contributed by atoms with Crippen LogP contribution in [0.15, 0.2) is 18.2 Å². The first-order valence-corrected chi connectivity index (χ1v) is 7.83. The molecule has 2 rings (SSSR count). The smallest absolute Gasteiger partial charge is 0.243 e. The molecule has 4 N–H and O–H groups in total. The summed E-state index contributed by atoms with van der Waals surface area (Å²) in [5.41, 5.74) is 7.27. The van der Waals surface area contributed by atoms with E-state index in [1.165, 1.54) is 0 Å². The van der Waals surface area contributed by atoms with Gasteiger partial charge in [0.2, 0.25) is 11.8 Å². The maximum absolute atomic E-state index is 11.9. The molecule has 1 aliphatic rings. The number of ether oxygens (including phenoxy) is 1. The highest BCUT2D eigenvalue weighted by Gasteiger charge is 2.30. The average Bonchev–Trinajstić information content (AvgIpc) is 2.76. The van der Waals surface area contributed by atoms with Crippen LogP contribution in [0.4, 0.5) is 5.69 Å². The number of fused-ring (bicyclic) bond motifs is 1. The van der Waals surface area contributed by atoms with Crippen LogP contribution in [0.25, 0.3) is 0 Å². The van der Waals surface area contributed by atoms with Crippen molar-refractivity contribution >= 4 is 17.5 Å². The molecular formula is C17H25N3O3. The molecule has 0 fully saturated rings. The molecule has 1 aromatic rings. The van der Waals surface area contributed by atoms with Gasteiger partial charge in [0.1, 0.15) is 11.4 Å². The first kappa shape index (κ1) is 17.3. The predicted octanol–water partition coefficient (Wildman–Crippen LogP) is 1.44.